The van der Waals surface area contributed by atoms with Gasteiger partial charge in [0.05, 0.1) is 5.92 Å². The molecule has 1 aliphatic heterocycles. The minimum Gasteiger partial charge on any atom is -0.481 e. The molecule has 114 valence electrons. The summed E-state index contributed by atoms with van der Waals surface area (Å²) in [6, 6.07) is -0.320. The highest BCUT2D eigenvalue weighted by Gasteiger charge is 2.41. The van der Waals surface area contributed by atoms with Crippen molar-refractivity contribution in [2.24, 2.45) is 11.8 Å². The minimum absolute atomic E-state index is 0.0590. The van der Waals surface area contributed by atoms with Crippen LogP contribution in [0.3, 0.4) is 0 Å². The van der Waals surface area contributed by atoms with E-state index < -0.39 is 11.9 Å². The van der Waals surface area contributed by atoms with Crippen molar-refractivity contribution in [2.75, 3.05) is 6.54 Å². The van der Waals surface area contributed by atoms with Crippen LogP contribution in [0, 0.1) is 11.8 Å². The van der Waals surface area contributed by atoms with Crippen molar-refractivity contribution in [1.82, 2.24) is 10.2 Å². The summed E-state index contributed by atoms with van der Waals surface area (Å²) in [7, 11) is 0. The normalized spacial score (nSPS) is 26.8. The quantitative estimate of drug-likeness (QED) is 0.784. The Morgan fingerprint density at radius 2 is 2.00 bits per heavy atom. The fourth-order valence-electron chi connectivity index (χ4n) is 2.81. The number of carbonyl (C=O) groups excluding carboxylic acids is 2. The Balaban J connectivity index is 2.66. The van der Waals surface area contributed by atoms with E-state index in [4.69, 9.17) is 0 Å². The van der Waals surface area contributed by atoms with Gasteiger partial charge in [-0.1, -0.05) is 6.92 Å². The maximum Gasteiger partial charge on any atom is 0.308 e. The van der Waals surface area contributed by atoms with Gasteiger partial charge >= 0.3 is 5.97 Å². The number of likely N-dealkylation sites (tertiary alicyclic amines) is 1. The molecule has 3 atom stereocenters. The van der Waals surface area contributed by atoms with E-state index >= 15 is 0 Å². The number of nitrogens with zero attached hydrogens (tertiary/aromatic N) is 1. The van der Waals surface area contributed by atoms with Gasteiger partial charge in [0.15, 0.2) is 0 Å². The van der Waals surface area contributed by atoms with E-state index in [1.165, 1.54) is 4.90 Å². The van der Waals surface area contributed by atoms with E-state index in [0.717, 1.165) is 0 Å². The fourth-order valence-corrected chi connectivity index (χ4v) is 2.81. The number of piperidine rings is 1. The van der Waals surface area contributed by atoms with Crippen molar-refractivity contribution < 1.29 is 19.5 Å². The summed E-state index contributed by atoms with van der Waals surface area (Å²) in [5, 5.41) is 12.0. The molecule has 6 nitrogen and oxygen atoms in total. The van der Waals surface area contributed by atoms with Crippen molar-refractivity contribution in [3.05, 3.63) is 0 Å². The average Bonchev–Trinajstić information content (AvgIpc) is 2.25. The van der Waals surface area contributed by atoms with Crippen molar-refractivity contribution in [1.29, 1.82) is 0 Å². The number of rotatable bonds is 5. The molecule has 1 rings (SSSR count). The van der Waals surface area contributed by atoms with Crippen LogP contribution in [0.4, 0.5) is 0 Å². The fraction of sp³-hybridized carbons (Fsp3) is 0.786. The summed E-state index contributed by atoms with van der Waals surface area (Å²) < 4.78 is 0. The molecule has 0 aromatic carbocycles. The van der Waals surface area contributed by atoms with Crippen LogP contribution < -0.4 is 5.32 Å². The first kappa shape index (κ1) is 16.5. The van der Waals surface area contributed by atoms with E-state index in [-0.39, 0.29) is 49.2 Å². The summed E-state index contributed by atoms with van der Waals surface area (Å²) in [6.07, 6.45) is 0.433. The van der Waals surface area contributed by atoms with Gasteiger partial charge in [-0.3, -0.25) is 14.4 Å². The number of carbonyl (C=O) groups is 3. The molecule has 0 bridgehead atoms. The van der Waals surface area contributed by atoms with Gasteiger partial charge in [-0.2, -0.15) is 0 Å². The molecule has 1 aliphatic rings. The summed E-state index contributed by atoms with van der Waals surface area (Å²) in [4.78, 5) is 36.5. The zero-order chi connectivity index (χ0) is 15.4. The Bertz CT molecular complexity index is 395. The number of aliphatic carboxylic acids is 1. The van der Waals surface area contributed by atoms with E-state index in [1.54, 1.807) is 13.8 Å². The van der Waals surface area contributed by atoms with E-state index in [9.17, 15) is 19.5 Å². The lowest BCUT2D eigenvalue weighted by atomic mass is 9.81. The van der Waals surface area contributed by atoms with Gasteiger partial charge in [0.2, 0.25) is 11.8 Å². The third-order valence-electron chi connectivity index (χ3n) is 3.76. The van der Waals surface area contributed by atoms with Crippen LogP contribution >= 0.6 is 0 Å². The highest BCUT2D eigenvalue weighted by Crippen LogP contribution is 2.30. The summed E-state index contributed by atoms with van der Waals surface area (Å²) in [5.74, 6) is -1.81. The van der Waals surface area contributed by atoms with Gasteiger partial charge < -0.3 is 15.3 Å². The number of hydrogen-bond donors (Lipinski definition) is 2. The lowest BCUT2D eigenvalue weighted by molar-refractivity contribution is -0.154. The molecular formula is C14H24N2O4. The van der Waals surface area contributed by atoms with Gasteiger partial charge in [0.1, 0.15) is 0 Å². The Morgan fingerprint density at radius 1 is 1.40 bits per heavy atom. The standard InChI is InChI=1S/C14H24N2O4/c1-8(2)15-11(17)5-6-16-10(4)13(14(19)20)9(3)7-12(16)18/h8-10,13H,5-7H2,1-4H3,(H,15,17)(H,19,20). The largest absolute Gasteiger partial charge is 0.481 e. The molecule has 1 saturated heterocycles. The monoisotopic (exact) mass is 284 g/mol. The summed E-state index contributed by atoms with van der Waals surface area (Å²) in [6.45, 7) is 7.54. The van der Waals surface area contributed by atoms with Gasteiger partial charge in [-0.05, 0) is 26.7 Å². The van der Waals surface area contributed by atoms with Crippen LogP contribution in [-0.2, 0) is 14.4 Å². The topological polar surface area (TPSA) is 86.7 Å². The third kappa shape index (κ3) is 3.95. The predicted octanol–water partition coefficient (Wildman–Crippen LogP) is 0.859. The smallest absolute Gasteiger partial charge is 0.308 e. The average molecular weight is 284 g/mol. The molecular weight excluding hydrogens is 260 g/mol. The zero-order valence-corrected chi connectivity index (χ0v) is 12.5. The highest BCUT2D eigenvalue weighted by atomic mass is 16.4. The first-order valence-corrected chi connectivity index (χ1v) is 7.05. The number of hydrogen-bond acceptors (Lipinski definition) is 3. The lowest BCUT2D eigenvalue weighted by Crippen LogP contribution is -2.53. The number of carboxylic acid groups (broad SMARTS) is 1. The van der Waals surface area contributed by atoms with Crippen molar-refractivity contribution in [3.63, 3.8) is 0 Å². The first-order chi connectivity index (χ1) is 9.23. The molecule has 3 unspecified atom stereocenters. The van der Waals surface area contributed by atoms with Gasteiger partial charge in [0, 0.05) is 31.5 Å². The van der Waals surface area contributed by atoms with Gasteiger partial charge in [-0.25, -0.2) is 0 Å². The van der Waals surface area contributed by atoms with Crippen molar-refractivity contribution in [2.45, 2.75) is 52.6 Å². The Morgan fingerprint density at radius 3 is 2.50 bits per heavy atom. The second-order valence-corrected chi connectivity index (χ2v) is 5.85. The maximum atomic E-state index is 12.0. The van der Waals surface area contributed by atoms with E-state index in [1.807, 2.05) is 13.8 Å². The van der Waals surface area contributed by atoms with Crippen LogP contribution in [0.5, 0.6) is 0 Å². The van der Waals surface area contributed by atoms with Gasteiger partial charge in [-0.15, -0.1) is 0 Å². The Labute approximate surface area is 119 Å². The lowest BCUT2D eigenvalue weighted by Gasteiger charge is -2.40. The first-order valence-electron chi connectivity index (χ1n) is 7.05. The number of nitrogens with one attached hydrogen (secondary N) is 1. The summed E-state index contributed by atoms with van der Waals surface area (Å²) >= 11 is 0. The molecule has 0 aliphatic carbocycles. The maximum absolute atomic E-state index is 12.0. The molecule has 0 spiro atoms. The molecule has 6 heteroatoms. The molecule has 2 amide bonds. The van der Waals surface area contributed by atoms with Crippen LogP contribution in [0.1, 0.15) is 40.5 Å². The van der Waals surface area contributed by atoms with E-state index in [0.29, 0.717) is 0 Å². The Hall–Kier alpha value is -1.59. The van der Waals surface area contributed by atoms with Gasteiger partial charge in [0.25, 0.3) is 0 Å². The van der Waals surface area contributed by atoms with Crippen LogP contribution in [0.15, 0.2) is 0 Å². The van der Waals surface area contributed by atoms with Crippen LogP contribution in [-0.4, -0.2) is 46.4 Å². The molecule has 2 N–H and O–H groups in total. The van der Waals surface area contributed by atoms with E-state index in [2.05, 4.69) is 5.32 Å². The molecule has 1 fully saturated rings. The van der Waals surface area contributed by atoms with Crippen molar-refractivity contribution >= 4 is 17.8 Å². The minimum atomic E-state index is -0.880. The zero-order valence-electron chi connectivity index (χ0n) is 12.5. The molecule has 0 saturated carbocycles. The molecule has 1 heterocycles. The second kappa shape index (κ2) is 6.72. The Kier molecular flexibility index (Phi) is 5.53. The van der Waals surface area contributed by atoms with Crippen LogP contribution in [0.25, 0.3) is 0 Å². The highest BCUT2D eigenvalue weighted by molar-refractivity contribution is 5.83. The van der Waals surface area contributed by atoms with Crippen molar-refractivity contribution in [3.8, 4) is 0 Å². The molecule has 0 aromatic rings. The van der Waals surface area contributed by atoms with Crippen LogP contribution in [0.2, 0.25) is 0 Å². The molecule has 20 heavy (non-hydrogen) atoms. The SMILES string of the molecule is CC(C)NC(=O)CCN1C(=O)CC(C)C(C(=O)O)C1C. The number of amides is 2. The number of carboxylic acids is 1. The summed E-state index contributed by atoms with van der Waals surface area (Å²) in [5.41, 5.74) is 0. The second-order valence-electron chi connectivity index (χ2n) is 5.85. The predicted molar refractivity (Wildman–Crippen MR) is 74.0 cm³/mol. The molecule has 0 radical (unpaired) electrons. The molecule has 0 aromatic heterocycles. The third-order valence-corrected chi connectivity index (χ3v) is 3.76.